The van der Waals surface area contributed by atoms with Crippen LogP contribution in [0.4, 0.5) is 0 Å². The van der Waals surface area contributed by atoms with Crippen LogP contribution in [0.3, 0.4) is 0 Å². The average molecular weight is 1760 g/mol. The molecular formula is C126H78N10O2. The second kappa shape index (κ2) is 32.6. The second-order valence-corrected chi connectivity index (χ2v) is 35.2. The Morgan fingerprint density at radius 3 is 0.609 bits per heavy atom. The molecule has 0 atom stereocenters. The number of para-hydroxylation sites is 6. The summed E-state index contributed by atoms with van der Waals surface area (Å²) in [6, 6.07) is 167. The highest BCUT2D eigenvalue weighted by molar-refractivity contribution is 6.17. The van der Waals surface area contributed by atoms with Gasteiger partial charge in [0.2, 0.25) is 0 Å². The van der Waals surface area contributed by atoms with Crippen LogP contribution in [0.1, 0.15) is 0 Å². The van der Waals surface area contributed by atoms with E-state index in [4.69, 9.17) is 38.7 Å². The summed E-state index contributed by atoms with van der Waals surface area (Å²) in [6.45, 7) is 0. The third-order valence-electron chi connectivity index (χ3n) is 27.1. The van der Waals surface area contributed by atoms with E-state index < -0.39 is 0 Å². The van der Waals surface area contributed by atoms with Gasteiger partial charge < -0.3 is 27.1 Å². The predicted octanol–water partition coefficient (Wildman–Crippen LogP) is 32.6. The van der Waals surface area contributed by atoms with E-state index in [0.29, 0.717) is 34.9 Å². The molecule has 0 aliphatic heterocycles. The zero-order valence-corrected chi connectivity index (χ0v) is 74.3. The van der Waals surface area contributed by atoms with Crippen LogP contribution in [0.5, 0.6) is 0 Å². The largest absolute Gasteiger partial charge is 0.456 e. The van der Waals surface area contributed by atoms with Crippen LogP contribution >= 0.6 is 0 Å². The van der Waals surface area contributed by atoms with E-state index in [-0.39, 0.29) is 0 Å². The fourth-order valence-corrected chi connectivity index (χ4v) is 20.6. The van der Waals surface area contributed by atoms with Crippen LogP contribution in [0.2, 0.25) is 0 Å². The van der Waals surface area contributed by atoms with Crippen LogP contribution in [-0.2, 0) is 0 Å². The number of rotatable bonds is 14. The topological polar surface area (TPSA) is 123 Å². The Labute approximate surface area is 791 Å². The minimum atomic E-state index is 0.620. The molecule has 0 unspecified atom stereocenters. The van der Waals surface area contributed by atoms with Crippen molar-refractivity contribution in [3.63, 3.8) is 0 Å². The first-order chi connectivity index (χ1) is 68.4. The summed E-state index contributed by atoms with van der Waals surface area (Å²) in [5.41, 5.74) is 32.0. The van der Waals surface area contributed by atoms with Crippen molar-refractivity contribution in [2.45, 2.75) is 0 Å². The van der Waals surface area contributed by atoms with Crippen LogP contribution < -0.4 is 0 Å². The molecule has 0 N–H and O–H groups in total. The summed E-state index contributed by atoms with van der Waals surface area (Å²) < 4.78 is 22.4. The molecule has 28 aromatic rings. The maximum absolute atomic E-state index is 6.48. The SMILES string of the molecule is c1ccc(-c2nc(-c3ccccc3)nc(-c3ccc(-n4c5ccccc5c5cc(-c6ccc7oc8ccc(-c9ccc%10c(c9)c9ccccc9n%10-c9ccccc9)cc8c7c6)ccc54)cc3)n2)cc1.c1ccc(-c2nc(-c3ccccc3)nc(-c3cccc(-n4c5ccccc5c5cc(-c6ccc7oc8ccc(-c9ccc%10c(c9)c9ccccc9n%10-c9ccccc9)cc8c7c6)ccc54)c3)n2)cc1. The number of hydrogen-bond donors (Lipinski definition) is 0. The fourth-order valence-electron chi connectivity index (χ4n) is 20.6. The molecule has 0 saturated heterocycles. The average Bonchev–Trinajstić information content (AvgIpc) is 1.60. The third kappa shape index (κ3) is 13.6. The molecule has 8 aromatic heterocycles. The van der Waals surface area contributed by atoms with Crippen LogP contribution in [0.25, 0.3) is 267 Å². The zero-order valence-electron chi connectivity index (χ0n) is 74.3. The number of fused-ring (bicyclic) bond motifs is 18. The van der Waals surface area contributed by atoms with Crippen LogP contribution in [0, 0.1) is 0 Å². The minimum Gasteiger partial charge on any atom is -0.456 e. The van der Waals surface area contributed by atoms with E-state index in [2.05, 4.69) is 370 Å². The lowest BCUT2D eigenvalue weighted by Crippen LogP contribution is -2.01. The van der Waals surface area contributed by atoms with Crippen molar-refractivity contribution in [1.29, 1.82) is 0 Å². The highest BCUT2D eigenvalue weighted by atomic mass is 16.3. The van der Waals surface area contributed by atoms with E-state index in [9.17, 15) is 0 Å². The molecular weight excluding hydrogens is 1690 g/mol. The van der Waals surface area contributed by atoms with Gasteiger partial charge in [-0.15, -0.1) is 0 Å². The van der Waals surface area contributed by atoms with Gasteiger partial charge in [-0.2, -0.15) is 0 Å². The monoisotopic (exact) mass is 1760 g/mol. The Bertz CT molecular complexity index is 9590. The van der Waals surface area contributed by atoms with Crippen LogP contribution in [0.15, 0.2) is 482 Å². The first-order valence-corrected chi connectivity index (χ1v) is 46.5. The number of benzene rings is 20. The smallest absolute Gasteiger partial charge is 0.164 e. The van der Waals surface area contributed by atoms with E-state index in [1.54, 1.807) is 0 Å². The molecule has 0 fully saturated rings. The molecule has 0 bridgehead atoms. The molecule has 0 radical (unpaired) electrons. The summed E-state index contributed by atoms with van der Waals surface area (Å²) in [6.07, 6.45) is 0. The van der Waals surface area contributed by atoms with Crippen molar-refractivity contribution in [2.75, 3.05) is 0 Å². The van der Waals surface area contributed by atoms with Crippen LogP contribution in [-0.4, -0.2) is 48.2 Å². The summed E-state index contributed by atoms with van der Waals surface area (Å²) in [5, 5.41) is 14.1. The highest BCUT2D eigenvalue weighted by Crippen LogP contribution is 2.46. The van der Waals surface area contributed by atoms with E-state index >= 15 is 0 Å². The first kappa shape index (κ1) is 79.0. The fraction of sp³-hybridized carbons (Fsp3) is 0. The molecule has 644 valence electrons. The Balaban J connectivity index is 0.000000139. The van der Waals surface area contributed by atoms with Crippen molar-refractivity contribution in [3.05, 3.63) is 473 Å². The normalized spacial score (nSPS) is 11.8. The summed E-state index contributed by atoms with van der Waals surface area (Å²) >= 11 is 0. The molecule has 20 aromatic carbocycles. The van der Waals surface area contributed by atoms with E-state index in [0.717, 1.165) is 155 Å². The first-order valence-electron chi connectivity index (χ1n) is 46.5. The molecule has 0 spiro atoms. The Morgan fingerprint density at radius 1 is 0.123 bits per heavy atom. The van der Waals surface area contributed by atoms with Crippen molar-refractivity contribution < 1.29 is 8.83 Å². The maximum Gasteiger partial charge on any atom is 0.164 e. The van der Waals surface area contributed by atoms with Gasteiger partial charge in [0.1, 0.15) is 22.3 Å². The van der Waals surface area contributed by atoms with Gasteiger partial charge >= 0.3 is 0 Å². The second-order valence-electron chi connectivity index (χ2n) is 35.2. The Kier molecular flexibility index (Phi) is 18.7. The quantitative estimate of drug-likeness (QED) is 0.105. The summed E-state index contributed by atoms with van der Waals surface area (Å²) in [4.78, 5) is 29.8. The van der Waals surface area contributed by atoms with Gasteiger partial charge in [0.25, 0.3) is 0 Å². The van der Waals surface area contributed by atoms with Gasteiger partial charge in [0, 0.05) is 121 Å². The molecule has 0 saturated carbocycles. The number of aromatic nitrogens is 10. The predicted molar refractivity (Wildman–Crippen MR) is 566 cm³/mol. The van der Waals surface area contributed by atoms with Crippen molar-refractivity contribution in [2.24, 2.45) is 0 Å². The van der Waals surface area contributed by atoms with Gasteiger partial charge in [0.05, 0.1) is 44.1 Å². The summed E-state index contributed by atoms with van der Waals surface area (Å²) in [7, 11) is 0. The highest BCUT2D eigenvalue weighted by Gasteiger charge is 2.24. The van der Waals surface area contributed by atoms with Crippen molar-refractivity contribution >= 4 is 131 Å². The Hall–Kier alpha value is -18.8. The van der Waals surface area contributed by atoms with E-state index in [1.165, 1.54) is 76.3 Å². The number of furan rings is 2. The molecule has 8 heterocycles. The lowest BCUT2D eigenvalue weighted by atomic mass is 9.98. The molecule has 0 aliphatic carbocycles. The molecule has 0 aliphatic rings. The van der Waals surface area contributed by atoms with Gasteiger partial charge in [-0.05, 0) is 226 Å². The summed E-state index contributed by atoms with van der Waals surface area (Å²) in [5.74, 6) is 3.81. The van der Waals surface area contributed by atoms with E-state index in [1.807, 2.05) is 121 Å². The lowest BCUT2D eigenvalue weighted by Gasteiger charge is -2.12. The van der Waals surface area contributed by atoms with Crippen molar-refractivity contribution in [1.82, 2.24) is 48.2 Å². The third-order valence-corrected chi connectivity index (χ3v) is 27.1. The standard InChI is InChI=1S/2C63H39N5O/c1-4-15-40(16-5-1)61-64-62(41-17-6-2-7-18-41)66-63(65-61)46-19-14-22-48(35-46)68-56-26-13-11-24-50(56)52-37-43(28-32-58(52)68)45-30-34-60-54(39-45)53-38-44(29-33-59(53)69-60)42-27-31-57-51(36-42)49-23-10-12-25-55(49)67(57)47-20-8-3-9-21-47;1-4-14-40(15-5-1)61-64-62(41-16-6-2-7-17-41)66-63(65-61)42-24-30-48(31-25-42)68-56-23-13-11-21-50(56)52-37-44(27-33-58(52)68)46-29-35-60-54(39-46)53-38-45(28-34-59(53)69-60)43-26-32-57-51(36-43)49-20-10-12-22-55(49)67(57)47-18-8-3-9-19-47/h2*1-39H. The van der Waals surface area contributed by atoms with Crippen molar-refractivity contribution in [3.8, 4) is 136 Å². The zero-order chi connectivity index (χ0) is 90.8. The molecule has 0 amide bonds. The van der Waals surface area contributed by atoms with Gasteiger partial charge in [-0.1, -0.05) is 291 Å². The minimum absolute atomic E-state index is 0.620. The van der Waals surface area contributed by atoms with Gasteiger partial charge in [0.15, 0.2) is 34.9 Å². The number of nitrogens with zero attached hydrogens (tertiary/aromatic N) is 10. The maximum atomic E-state index is 6.48. The number of hydrogen-bond acceptors (Lipinski definition) is 8. The molecule has 12 heteroatoms. The van der Waals surface area contributed by atoms with Gasteiger partial charge in [-0.25, -0.2) is 29.9 Å². The molecule has 28 rings (SSSR count). The van der Waals surface area contributed by atoms with Gasteiger partial charge in [-0.3, -0.25) is 0 Å². The Morgan fingerprint density at radius 2 is 0.319 bits per heavy atom. The molecule has 138 heavy (non-hydrogen) atoms. The lowest BCUT2D eigenvalue weighted by molar-refractivity contribution is 0.668. The molecule has 12 nitrogen and oxygen atoms in total.